The van der Waals surface area contributed by atoms with Crippen LogP contribution in [0.1, 0.15) is 73.6 Å². The van der Waals surface area contributed by atoms with Crippen LogP contribution >= 0.6 is 0 Å². The molecule has 0 unspecified atom stereocenters. The smallest absolute Gasteiger partial charge is 0.110 e. The molecule has 1 aliphatic carbocycles. The molecule has 0 saturated carbocycles. The van der Waals surface area contributed by atoms with Crippen molar-refractivity contribution in [2.24, 2.45) is 5.41 Å². The lowest BCUT2D eigenvalue weighted by Gasteiger charge is -2.35. The van der Waals surface area contributed by atoms with Gasteiger partial charge < -0.3 is 0 Å². The summed E-state index contributed by atoms with van der Waals surface area (Å²) < 4.78 is 13.9. The first-order valence-electron chi connectivity index (χ1n) is 7.28. The number of hydrogen-bond acceptors (Lipinski definition) is 0. The Morgan fingerprint density at radius 2 is 1.72 bits per heavy atom. The van der Waals surface area contributed by atoms with Gasteiger partial charge in [0, 0.05) is 0 Å². The van der Waals surface area contributed by atoms with Crippen LogP contribution in [0.25, 0.3) is 0 Å². The highest BCUT2D eigenvalue weighted by molar-refractivity contribution is 5.17. The second-order valence-corrected chi connectivity index (χ2v) is 6.36. The van der Waals surface area contributed by atoms with Gasteiger partial charge in [-0.05, 0) is 44.9 Å². The minimum Gasteiger partial charge on any atom is -0.244 e. The maximum atomic E-state index is 13.9. The zero-order valence-electron chi connectivity index (χ0n) is 13.1. The maximum absolute atomic E-state index is 13.9. The molecule has 0 heterocycles. The normalized spacial score (nSPS) is 15.8. The van der Waals surface area contributed by atoms with E-state index in [1.807, 2.05) is 13.8 Å². The largest absolute Gasteiger partial charge is 0.244 e. The molecule has 0 saturated heterocycles. The molecular weight excluding hydrogens is 223 g/mol. The van der Waals surface area contributed by atoms with Crippen molar-refractivity contribution in [3.63, 3.8) is 0 Å². The van der Waals surface area contributed by atoms with E-state index in [0.717, 1.165) is 25.7 Å². The molecule has 0 nitrogen and oxygen atoms in total. The second-order valence-electron chi connectivity index (χ2n) is 6.36. The van der Waals surface area contributed by atoms with Crippen LogP contribution in [0, 0.1) is 5.41 Å². The van der Waals surface area contributed by atoms with Gasteiger partial charge in [-0.2, -0.15) is 0 Å². The summed E-state index contributed by atoms with van der Waals surface area (Å²) in [5.74, 6) is 0. The van der Waals surface area contributed by atoms with E-state index in [-0.39, 0.29) is 5.41 Å². The zero-order chi connectivity index (χ0) is 14.2. The van der Waals surface area contributed by atoms with Crippen molar-refractivity contribution >= 4 is 0 Å². The highest BCUT2D eigenvalue weighted by Crippen LogP contribution is 2.39. The van der Waals surface area contributed by atoms with Crippen LogP contribution in [0.15, 0.2) is 23.8 Å². The fraction of sp³-hybridized carbons (Fsp3) is 0.765. The zero-order valence-corrected chi connectivity index (χ0v) is 13.1. The molecule has 0 fully saturated rings. The number of halogens is 1. The molecule has 0 aromatic heterocycles. The quantitative estimate of drug-likeness (QED) is 0.557. The van der Waals surface area contributed by atoms with Crippen LogP contribution in [0.3, 0.4) is 0 Å². The molecular formula is C17H31F. The standard InChI is InChI=1S/C14H23F.C3H8/c1-13(2,14(3,4)15)11-10-12-8-6-5-7-9-12;1-3-2/h5-6,8H,7,9-11H2,1-4H3;3H2,1-2H3. The van der Waals surface area contributed by atoms with Gasteiger partial charge in [-0.25, -0.2) is 4.39 Å². The lowest BCUT2D eigenvalue weighted by Crippen LogP contribution is -2.34. The monoisotopic (exact) mass is 254 g/mol. The number of rotatable bonds is 4. The third-order valence-corrected chi connectivity index (χ3v) is 3.78. The molecule has 0 spiro atoms. The molecule has 1 heteroatoms. The highest BCUT2D eigenvalue weighted by Gasteiger charge is 2.36. The molecule has 0 aromatic rings. The number of hydrogen-bond donors (Lipinski definition) is 0. The number of allylic oxidation sites excluding steroid dienone is 4. The molecule has 0 N–H and O–H groups in total. The summed E-state index contributed by atoms with van der Waals surface area (Å²) in [7, 11) is 0. The van der Waals surface area contributed by atoms with Crippen molar-refractivity contribution in [1.29, 1.82) is 0 Å². The van der Waals surface area contributed by atoms with Gasteiger partial charge in [-0.1, -0.05) is 57.9 Å². The van der Waals surface area contributed by atoms with Crippen LogP contribution in [-0.2, 0) is 0 Å². The van der Waals surface area contributed by atoms with Gasteiger partial charge in [0.1, 0.15) is 5.67 Å². The van der Waals surface area contributed by atoms with E-state index in [9.17, 15) is 4.39 Å². The van der Waals surface area contributed by atoms with Crippen molar-refractivity contribution < 1.29 is 4.39 Å². The summed E-state index contributed by atoms with van der Waals surface area (Å²) >= 11 is 0. The third kappa shape index (κ3) is 6.37. The summed E-state index contributed by atoms with van der Waals surface area (Å²) in [5.41, 5.74) is 0.127. The third-order valence-electron chi connectivity index (χ3n) is 3.78. The number of alkyl halides is 1. The van der Waals surface area contributed by atoms with Crippen molar-refractivity contribution in [3.8, 4) is 0 Å². The lowest BCUT2D eigenvalue weighted by molar-refractivity contribution is 0.0454. The van der Waals surface area contributed by atoms with Crippen molar-refractivity contribution in [3.05, 3.63) is 23.8 Å². The van der Waals surface area contributed by atoms with Crippen molar-refractivity contribution in [2.75, 3.05) is 0 Å². The van der Waals surface area contributed by atoms with E-state index in [0.29, 0.717) is 0 Å². The molecule has 106 valence electrons. The Hall–Kier alpha value is -0.590. The molecule has 1 rings (SSSR count). The first kappa shape index (κ1) is 17.4. The van der Waals surface area contributed by atoms with Crippen LogP contribution in [-0.4, -0.2) is 5.67 Å². The van der Waals surface area contributed by atoms with E-state index >= 15 is 0 Å². The summed E-state index contributed by atoms with van der Waals surface area (Å²) in [6.45, 7) is 11.7. The van der Waals surface area contributed by atoms with Gasteiger partial charge in [0.05, 0.1) is 0 Å². The van der Waals surface area contributed by atoms with Gasteiger partial charge in [0.15, 0.2) is 0 Å². The predicted octanol–water partition coefficient (Wildman–Crippen LogP) is 6.23. The summed E-state index contributed by atoms with van der Waals surface area (Å²) in [6, 6.07) is 0. The molecule has 0 aromatic carbocycles. The van der Waals surface area contributed by atoms with Crippen LogP contribution in [0.5, 0.6) is 0 Å². The Balaban J connectivity index is 0.000000873. The van der Waals surface area contributed by atoms with E-state index in [4.69, 9.17) is 0 Å². The van der Waals surface area contributed by atoms with E-state index in [1.165, 1.54) is 12.0 Å². The van der Waals surface area contributed by atoms with Crippen LogP contribution in [0.4, 0.5) is 4.39 Å². The minimum atomic E-state index is -1.10. The summed E-state index contributed by atoms with van der Waals surface area (Å²) in [6.07, 6.45) is 12.0. The van der Waals surface area contributed by atoms with Crippen molar-refractivity contribution in [1.82, 2.24) is 0 Å². The van der Waals surface area contributed by atoms with Gasteiger partial charge in [0.2, 0.25) is 0 Å². The van der Waals surface area contributed by atoms with Crippen molar-refractivity contribution in [2.45, 2.75) is 79.3 Å². The van der Waals surface area contributed by atoms with Crippen LogP contribution in [0.2, 0.25) is 0 Å². The molecule has 1 aliphatic rings. The Morgan fingerprint density at radius 1 is 1.17 bits per heavy atom. The second kappa shape index (κ2) is 7.76. The van der Waals surface area contributed by atoms with Gasteiger partial charge in [-0.3, -0.25) is 0 Å². The first-order valence-corrected chi connectivity index (χ1v) is 7.28. The van der Waals surface area contributed by atoms with Crippen LogP contribution < -0.4 is 0 Å². The Bertz CT molecular complexity index is 276. The van der Waals surface area contributed by atoms with Gasteiger partial charge in [0.25, 0.3) is 0 Å². The van der Waals surface area contributed by atoms with Gasteiger partial charge >= 0.3 is 0 Å². The fourth-order valence-electron chi connectivity index (χ4n) is 1.63. The predicted molar refractivity (Wildman–Crippen MR) is 80.6 cm³/mol. The SMILES string of the molecule is CC(C)(F)C(C)(C)CCC1=CC=CCC1.CCC. The topological polar surface area (TPSA) is 0 Å². The average molecular weight is 254 g/mol. The maximum Gasteiger partial charge on any atom is 0.110 e. The molecule has 0 radical (unpaired) electrons. The highest BCUT2D eigenvalue weighted by atomic mass is 19.1. The molecule has 0 atom stereocenters. The van der Waals surface area contributed by atoms with E-state index in [1.54, 1.807) is 13.8 Å². The summed E-state index contributed by atoms with van der Waals surface area (Å²) in [5, 5.41) is 0. The molecule has 0 bridgehead atoms. The molecule has 0 amide bonds. The Kier molecular flexibility index (Phi) is 7.51. The molecule has 0 aliphatic heterocycles. The van der Waals surface area contributed by atoms with Gasteiger partial charge in [-0.15, -0.1) is 0 Å². The fourth-order valence-corrected chi connectivity index (χ4v) is 1.63. The van der Waals surface area contributed by atoms with E-state index in [2.05, 4.69) is 32.1 Å². The van der Waals surface area contributed by atoms with E-state index < -0.39 is 5.67 Å². The lowest BCUT2D eigenvalue weighted by atomic mass is 9.74. The Labute approximate surface area is 113 Å². The first-order chi connectivity index (χ1) is 8.24. The average Bonchev–Trinajstić information content (AvgIpc) is 2.27. The Morgan fingerprint density at radius 3 is 2.11 bits per heavy atom. The molecule has 18 heavy (non-hydrogen) atoms. The minimum absolute atomic E-state index is 0.241. The summed E-state index contributed by atoms with van der Waals surface area (Å²) in [4.78, 5) is 0.